The number of nitrogens with zero attached hydrogens (tertiary/aromatic N) is 1. The molecule has 3 nitrogen and oxygen atoms in total. The molecule has 1 N–H and O–H groups in total. The Bertz CT molecular complexity index is 402. The highest BCUT2D eigenvalue weighted by Gasteiger charge is 1.92. The summed E-state index contributed by atoms with van der Waals surface area (Å²) in [6.07, 6.45) is 1.03. The van der Waals surface area contributed by atoms with Crippen molar-refractivity contribution in [2.75, 3.05) is 0 Å². The number of aliphatic hydroxyl groups excluding tert-OH is 1. The van der Waals surface area contributed by atoms with Gasteiger partial charge in [-0.05, 0) is 25.0 Å². The van der Waals surface area contributed by atoms with Crippen LogP contribution in [0, 0.1) is 11.8 Å². The fourth-order valence-electron chi connectivity index (χ4n) is 1.03. The van der Waals surface area contributed by atoms with Crippen LogP contribution in [0.15, 0.2) is 18.2 Å². The summed E-state index contributed by atoms with van der Waals surface area (Å²) >= 11 is 0. The SMILES string of the molecule is CC(=O)CCC#Cc1cccc(CO)n1. The molecule has 1 rings (SSSR count). The first kappa shape index (κ1) is 11.4. The Balaban J connectivity index is 2.59. The van der Waals surface area contributed by atoms with Crippen LogP contribution in [0.4, 0.5) is 0 Å². The van der Waals surface area contributed by atoms with E-state index in [1.165, 1.54) is 0 Å². The zero-order chi connectivity index (χ0) is 11.1. The van der Waals surface area contributed by atoms with Crippen LogP contribution in [0.2, 0.25) is 0 Å². The van der Waals surface area contributed by atoms with Crippen molar-refractivity contribution >= 4 is 5.78 Å². The summed E-state index contributed by atoms with van der Waals surface area (Å²) in [6, 6.07) is 5.31. The average molecular weight is 203 g/mol. The molecule has 0 saturated heterocycles. The molecule has 0 aromatic carbocycles. The van der Waals surface area contributed by atoms with Crippen LogP contribution >= 0.6 is 0 Å². The van der Waals surface area contributed by atoms with Crippen molar-refractivity contribution in [2.45, 2.75) is 26.4 Å². The van der Waals surface area contributed by atoms with E-state index in [1.807, 2.05) is 0 Å². The van der Waals surface area contributed by atoms with E-state index in [4.69, 9.17) is 5.11 Å². The molecule has 3 heteroatoms. The molecule has 0 bridgehead atoms. The molecule has 0 radical (unpaired) electrons. The van der Waals surface area contributed by atoms with Gasteiger partial charge in [0.1, 0.15) is 11.5 Å². The fourth-order valence-corrected chi connectivity index (χ4v) is 1.03. The molecule has 0 aliphatic rings. The first-order valence-corrected chi connectivity index (χ1v) is 4.77. The zero-order valence-corrected chi connectivity index (χ0v) is 8.66. The summed E-state index contributed by atoms with van der Waals surface area (Å²) in [5, 5.41) is 8.85. The van der Waals surface area contributed by atoms with Gasteiger partial charge in [0.2, 0.25) is 0 Å². The van der Waals surface area contributed by atoms with Gasteiger partial charge >= 0.3 is 0 Å². The maximum absolute atomic E-state index is 10.6. The van der Waals surface area contributed by atoms with Crippen molar-refractivity contribution in [3.63, 3.8) is 0 Å². The lowest BCUT2D eigenvalue weighted by Gasteiger charge is -1.94. The molecule has 0 atom stereocenters. The second kappa shape index (κ2) is 5.94. The fraction of sp³-hybridized carbons (Fsp3) is 0.333. The maximum Gasteiger partial charge on any atom is 0.130 e. The Hall–Kier alpha value is -1.66. The number of carbonyl (C=O) groups is 1. The Morgan fingerprint density at radius 3 is 3.00 bits per heavy atom. The van der Waals surface area contributed by atoms with Crippen LogP contribution in [-0.2, 0) is 11.4 Å². The highest BCUT2D eigenvalue weighted by Crippen LogP contribution is 1.98. The molecule has 1 aromatic heterocycles. The van der Waals surface area contributed by atoms with Crippen molar-refractivity contribution < 1.29 is 9.90 Å². The van der Waals surface area contributed by atoms with Crippen LogP contribution in [0.5, 0.6) is 0 Å². The second-order valence-electron chi connectivity index (χ2n) is 3.18. The van der Waals surface area contributed by atoms with Gasteiger partial charge in [0.05, 0.1) is 12.3 Å². The molecule has 1 heterocycles. The maximum atomic E-state index is 10.6. The Kier molecular flexibility index (Phi) is 4.52. The molecule has 0 fully saturated rings. The van der Waals surface area contributed by atoms with E-state index in [-0.39, 0.29) is 12.4 Å². The zero-order valence-electron chi connectivity index (χ0n) is 8.66. The quantitative estimate of drug-likeness (QED) is 0.753. The Labute approximate surface area is 89.2 Å². The van der Waals surface area contributed by atoms with Crippen LogP contribution in [0.1, 0.15) is 31.2 Å². The summed E-state index contributed by atoms with van der Waals surface area (Å²) in [7, 11) is 0. The number of hydrogen-bond donors (Lipinski definition) is 1. The molecular weight excluding hydrogens is 190 g/mol. The largest absolute Gasteiger partial charge is 0.390 e. The molecule has 0 spiro atoms. The molecule has 0 unspecified atom stereocenters. The van der Waals surface area contributed by atoms with Crippen molar-refractivity contribution in [3.05, 3.63) is 29.6 Å². The van der Waals surface area contributed by atoms with Crippen LogP contribution < -0.4 is 0 Å². The van der Waals surface area contributed by atoms with Gasteiger partial charge in [-0.25, -0.2) is 4.98 Å². The van der Waals surface area contributed by atoms with Crippen LogP contribution in [0.3, 0.4) is 0 Å². The second-order valence-corrected chi connectivity index (χ2v) is 3.18. The number of hydrogen-bond acceptors (Lipinski definition) is 3. The lowest BCUT2D eigenvalue weighted by molar-refractivity contribution is -0.116. The van der Waals surface area contributed by atoms with E-state index < -0.39 is 0 Å². The number of Topliss-reactive ketones (excluding diaryl/α,β-unsaturated/α-hetero) is 1. The minimum atomic E-state index is -0.0804. The van der Waals surface area contributed by atoms with Crippen molar-refractivity contribution in [2.24, 2.45) is 0 Å². The molecular formula is C12H13NO2. The van der Waals surface area contributed by atoms with Gasteiger partial charge < -0.3 is 5.11 Å². The summed E-state index contributed by atoms with van der Waals surface area (Å²) in [6.45, 7) is 1.47. The smallest absolute Gasteiger partial charge is 0.130 e. The number of rotatable bonds is 3. The van der Waals surface area contributed by atoms with Gasteiger partial charge in [-0.3, -0.25) is 4.79 Å². The van der Waals surface area contributed by atoms with Crippen molar-refractivity contribution in [1.29, 1.82) is 0 Å². The minimum absolute atomic E-state index is 0.0804. The van der Waals surface area contributed by atoms with Gasteiger partial charge in [-0.15, -0.1) is 0 Å². The number of pyridine rings is 1. The third-order valence-corrected chi connectivity index (χ3v) is 1.79. The van der Waals surface area contributed by atoms with Gasteiger partial charge in [0, 0.05) is 12.8 Å². The van der Waals surface area contributed by atoms with Gasteiger partial charge in [-0.1, -0.05) is 12.0 Å². The number of ketones is 1. The summed E-state index contributed by atoms with van der Waals surface area (Å²) in [5.41, 5.74) is 1.23. The molecule has 0 aliphatic carbocycles. The average Bonchev–Trinajstić information content (AvgIpc) is 2.24. The van der Waals surface area contributed by atoms with E-state index >= 15 is 0 Å². The first-order chi connectivity index (χ1) is 7.22. The van der Waals surface area contributed by atoms with E-state index in [1.54, 1.807) is 25.1 Å². The molecule has 0 amide bonds. The number of aliphatic hydroxyl groups is 1. The normalized spacial score (nSPS) is 9.20. The third-order valence-electron chi connectivity index (χ3n) is 1.79. The van der Waals surface area contributed by atoms with Gasteiger partial charge in [-0.2, -0.15) is 0 Å². The lowest BCUT2D eigenvalue weighted by Crippen LogP contribution is -1.91. The topological polar surface area (TPSA) is 50.2 Å². The highest BCUT2D eigenvalue weighted by molar-refractivity contribution is 5.75. The lowest BCUT2D eigenvalue weighted by atomic mass is 10.2. The minimum Gasteiger partial charge on any atom is -0.390 e. The van der Waals surface area contributed by atoms with Crippen molar-refractivity contribution in [1.82, 2.24) is 4.98 Å². The number of carbonyl (C=O) groups excluding carboxylic acids is 1. The Morgan fingerprint density at radius 1 is 1.53 bits per heavy atom. The first-order valence-electron chi connectivity index (χ1n) is 4.77. The molecule has 0 aliphatic heterocycles. The van der Waals surface area contributed by atoms with E-state index in [9.17, 15) is 4.79 Å². The predicted octanol–water partition coefficient (Wildman–Crippen LogP) is 1.29. The highest BCUT2D eigenvalue weighted by atomic mass is 16.3. The number of aromatic nitrogens is 1. The molecule has 78 valence electrons. The molecule has 0 saturated carbocycles. The van der Waals surface area contributed by atoms with Gasteiger partial charge in [0.25, 0.3) is 0 Å². The standard InChI is InChI=1S/C12H13NO2/c1-10(15)5-2-3-6-11-7-4-8-12(9-14)13-11/h4,7-8,14H,2,5,9H2,1H3. The van der Waals surface area contributed by atoms with Crippen molar-refractivity contribution in [3.8, 4) is 11.8 Å². The van der Waals surface area contributed by atoms with E-state index in [0.29, 0.717) is 24.2 Å². The summed E-state index contributed by atoms with van der Waals surface area (Å²) < 4.78 is 0. The van der Waals surface area contributed by atoms with E-state index in [2.05, 4.69) is 16.8 Å². The predicted molar refractivity (Wildman–Crippen MR) is 57.0 cm³/mol. The molecule has 1 aromatic rings. The third kappa shape index (κ3) is 4.39. The summed E-state index contributed by atoms with van der Waals surface area (Å²) in [4.78, 5) is 14.7. The summed E-state index contributed by atoms with van der Waals surface area (Å²) in [5.74, 6) is 5.86. The Morgan fingerprint density at radius 2 is 2.33 bits per heavy atom. The van der Waals surface area contributed by atoms with Crippen LogP contribution in [0.25, 0.3) is 0 Å². The molecule has 15 heavy (non-hydrogen) atoms. The monoisotopic (exact) mass is 203 g/mol. The van der Waals surface area contributed by atoms with E-state index in [0.717, 1.165) is 0 Å². The van der Waals surface area contributed by atoms with Gasteiger partial charge in [0.15, 0.2) is 0 Å². The van der Waals surface area contributed by atoms with Crippen LogP contribution in [-0.4, -0.2) is 15.9 Å².